The van der Waals surface area contributed by atoms with Crippen molar-refractivity contribution < 1.29 is 0 Å². The van der Waals surface area contributed by atoms with Crippen molar-refractivity contribution in [2.75, 3.05) is 0 Å². The number of fused-ring (bicyclic) bond motifs is 2. The van der Waals surface area contributed by atoms with Gasteiger partial charge in [0.2, 0.25) is 0 Å². The molecule has 1 aromatic carbocycles. The summed E-state index contributed by atoms with van der Waals surface area (Å²) < 4.78 is 1.67. The molecule has 4 nitrogen and oxygen atoms in total. The lowest BCUT2D eigenvalue weighted by molar-refractivity contribution is 0.957. The summed E-state index contributed by atoms with van der Waals surface area (Å²) in [6.07, 6.45) is 1.60. The first kappa shape index (κ1) is 6.54. The molecule has 4 heteroatoms. The van der Waals surface area contributed by atoms with E-state index in [1.807, 2.05) is 30.3 Å². The largest absolute Gasteiger partial charge is 0.200 e. The molecule has 0 bridgehead atoms. The Kier molecular flexibility index (Phi) is 1.14. The molecule has 3 aromatic rings. The van der Waals surface area contributed by atoms with E-state index in [0.717, 1.165) is 16.6 Å². The fourth-order valence-corrected chi connectivity index (χ4v) is 1.37. The highest BCUT2D eigenvalue weighted by Crippen LogP contribution is 2.11. The Morgan fingerprint density at radius 1 is 1.15 bits per heavy atom. The van der Waals surface area contributed by atoms with Gasteiger partial charge in [-0.3, -0.25) is 0 Å². The van der Waals surface area contributed by atoms with Gasteiger partial charge in [-0.25, -0.2) is 0 Å². The Balaban J connectivity index is 2.57. The third-order valence-electron chi connectivity index (χ3n) is 1.99. The summed E-state index contributed by atoms with van der Waals surface area (Å²) in [5, 5.41) is 13.1. The smallest absolute Gasteiger partial charge is 0.178 e. The molecule has 2 aromatic heterocycles. The number of nitrogens with zero attached hydrogens (tertiary/aromatic N) is 4. The molecular formula is C9H6N4. The van der Waals surface area contributed by atoms with Gasteiger partial charge in [0.1, 0.15) is 6.33 Å². The zero-order valence-electron chi connectivity index (χ0n) is 6.75. The standard InChI is InChI=1S/C9H6N4/c1-2-4-8-7(3-1)5-9-11-10-6-13(9)12-8/h1-6H. The predicted molar refractivity (Wildman–Crippen MR) is 48.3 cm³/mol. The molecule has 62 valence electrons. The van der Waals surface area contributed by atoms with E-state index in [4.69, 9.17) is 0 Å². The van der Waals surface area contributed by atoms with Gasteiger partial charge >= 0.3 is 0 Å². The number of rotatable bonds is 0. The number of aromatic nitrogens is 4. The van der Waals surface area contributed by atoms with Crippen molar-refractivity contribution in [2.45, 2.75) is 0 Å². The lowest BCUT2D eigenvalue weighted by Gasteiger charge is -1.95. The van der Waals surface area contributed by atoms with Gasteiger partial charge in [-0.2, -0.15) is 9.61 Å². The van der Waals surface area contributed by atoms with Crippen LogP contribution in [0.3, 0.4) is 0 Å². The second-order valence-electron chi connectivity index (χ2n) is 2.84. The van der Waals surface area contributed by atoms with Crippen LogP contribution in [0.2, 0.25) is 0 Å². The lowest BCUT2D eigenvalue weighted by Crippen LogP contribution is -1.90. The van der Waals surface area contributed by atoms with Gasteiger partial charge in [-0.15, -0.1) is 10.2 Å². The van der Waals surface area contributed by atoms with Crippen LogP contribution in [-0.4, -0.2) is 19.8 Å². The van der Waals surface area contributed by atoms with Gasteiger partial charge in [0.25, 0.3) is 0 Å². The monoisotopic (exact) mass is 170 g/mol. The van der Waals surface area contributed by atoms with Crippen LogP contribution in [0.25, 0.3) is 16.6 Å². The van der Waals surface area contributed by atoms with E-state index < -0.39 is 0 Å². The molecule has 0 N–H and O–H groups in total. The number of hydrogen-bond acceptors (Lipinski definition) is 3. The maximum absolute atomic E-state index is 4.33. The summed E-state index contributed by atoms with van der Waals surface area (Å²) in [6, 6.07) is 9.89. The highest BCUT2D eigenvalue weighted by atomic mass is 15.3. The maximum atomic E-state index is 4.33. The molecule has 0 radical (unpaired) electrons. The van der Waals surface area contributed by atoms with Crippen molar-refractivity contribution in [3.8, 4) is 0 Å². The van der Waals surface area contributed by atoms with Gasteiger partial charge in [-0.1, -0.05) is 18.2 Å². The van der Waals surface area contributed by atoms with Gasteiger partial charge in [0.15, 0.2) is 5.65 Å². The van der Waals surface area contributed by atoms with Crippen LogP contribution in [0.4, 0.5) is 0 Å². The van der Waals surface area contributed by atoms with Crippen LogP contribution in [0.15, 0.2) is 36.7 Å². The molecule has 0 aliphatic carbocycles. The topological polar surface area (TPSA) is 43.1 Å². The zero-order chi connectivity index (χ0) is 8.67. The van der Waals surface area contributed by atoms with E-state index in [0.29, 0.717) is 0 Å². The van der Waals surface area contributed by atoms with Crippen molar-refractivity contribution in [2.24, 2.45) is 0 Å². The second kappa shape index (κ2) is 2.26. The first-order valence-corrected chi connectivity index (χ1v) is 3.99. The molecule has 0 aliphatic rings. The third-order valence-corrected chi connectivity index (χ3v) is 1.99. The summed E-state index contributed by atoms with van der Waals surface area (Å²) in [5.74, 6) is 0. The summed E-state index contributed by atoms with van der Waals surface area (Å²) in [5.41, 5.74) is 1.73. The Hall–Kier alpha value is -1.97. The van der Waals surface area contributed by atoms with Crippen LogP contribution >= 0.6 is 0 Å². The van der Waals surface area contributed by atoms with E-state index in [-0.39, 0.29) is 0 Å². The molecule has 0 fully saturated rings. The summed E-state index contributed by atoms with van der Waals surface area (Å²) in [7, 11) is 0. The molecule has 0 saturated carbocycles. The summed E-state index contributed by atoms with van der Waals surface area (Å²) in [6.45, 7) is 0. The molecule has 0 atom stereocenters. The fraction of sp³-hybridized carbons (Fsp3) is 0. The minimum absolute atomic E-state index is 0.777. The molecule has 3 rings (SSSR count). The SMILES string of the molecule is c1ccc2nn3cnnc3cc2c1. The Labute approximate surface area is 73.8 Å². The molecule has 0 spiro atoms. The van der Waals surface area contributed by atoms with Crippen LogP contribution in [0.5, 0.6) is 0 Å². The molecule has 0 amide bonds. The van der Waals surface area contributed by atoms with Crippen LogP contribution in [0.1, 0.15) is 0 Å². The predicted octanol–water partition coefficient (Wildman–Crippen LogP) is 1.28. The lowest BCUT2D eigenvalue weighted by atomic mass is 10.2. The van der Waals surface area contributed by atoms with Gasteiger partial charge in [0, 0.05) is 5.39 Å². The van der Waals surface area contributed by atoms with Crippen molar-refractivity contribution >= 4 is 16.6 Å². The zero-order valence-corrected chi connectivity index (χ0v) is 6.75. The average molecular weight is 170 g/mol. The minimum Gasteiger partial charge on any atom is -0.200 e. The van der Waals surface area contributed by atoms with E-state index >= 15 is 0 Å². The Bertz CT molecular complexity index is 520. The molecular weight excluding hydrogens is 164 g/mol. The van der Waals surface area contributed by atoms with E-state index in [2.05, 4.69) is 15.3 Å². The van der Waals surface area contributed by atoms with Crippen molar-refractivity contribution in [3.63, 3.8) is 0 Å². The van der Waals surface area contributed by atoms with E-state index in [1.165, 1.54) is 0 Å². The Morgan fingerprint density at radius 3 is 3.08 bits per heavy atom. The fourth-order valence-electron chi connectivity index (χ4n) is 1.37. The molecule has 0 aliphatic heterocycles. The van der Waals surface area contributed by atoms with Crippen LogP contribution in [-0.2, 0) is 0 Å². The van der Waals surface area contributed by atoms with Crippen molar-refractivity contribution in [3.05, 3.63) is 36.7 Å². The van der Waals surface area contributed by atoms with E-state index in [1.54, 1.807) is 10.8 Å². The molecule has 2 heterocycles. The minimum atomic E-state index is 0.777. The Morgan fingerprint density at radius 2 is 2.08 bits per heavy atom. The van der Waals surface area contributed by atoms with Crippen LogP contribution < -0.4 is 0 Å². The van der Waals surface area contributed by atoms with Crippen molar-refractivity contribution in [1.29, 1.82) is 0 Å². The van der Waals surface area contributed by atoms with Crippen LogP contribution in [0, 0.1) is 0 Å². The number of hydrogen-bond donors (Lipinski definition) is 0. The van der Waals surface area contributed by atoms with Gasteiger partial charge in [0.05, 0.1) is 5.52 Å². The first-order valence-electron chi connectivity index (χ1n) is 3.99. The van der Waals surface area contributed by atoms with Gasteiger partial charge in [-0.05, 0) is 12.1 Å². The van der Waals surface area contributed by atoms with E-state index in [9.17, 15) is 0 Å². The highest BCUT2D eigenvalue weighted by molar-refractivity contribution is 5.80. The maximum Gasteiger partial charge on any atom is 0.178 e. The first-order chi connectivity index (χ1) is 6.43. The van der Waals surface area contributed by atoms with Crippen molar-refractivity contribution in [1.82, 2.24) is 19.8 Å². The quantitative estimate of drug-likeness (QED) is 0.510. The summed E-state index contributed by atoms with van der Waals surface area (Å²) in [4.78, 5) is 0. The average Bonchev–Trinajstić information content (AvgIpc) is 2.61. The second-order valence-corrected chi connectivity index (χ2v) is 2.84. The molecule has 0 saturated heterocycles. The molecule has 13 heavy (non-hydrogen) atoms. The highest BCUT2D eigenvalue weighted by Gasteiger charge is 1.98. The normalized spacial score (nSPS) is 11.1. The third kappa shape index (κ3) is 0.885. The van der Waals surface area contributed by atoms with Gasteiger partial charge < -0.3 is 0 Å². The summed E-state index contributed by atoms with van der Waals surface area (Å²) >= 11 is 0. The molecule has 0 unspecified atom stereocenters. The number of benzene rings is 1.